The van der Waals surface area contributed by atoms with Gasteiger partial charge in [0.15, 0.2) is 0 Å². The van der Waals surface area contributed by atoms with Crippen LogP contribution in [-0.4, -0.2) is 42.0 Å². The number of hydrogen-bond donors (Lipinski definition) is 1. The molecule has 0 bridgehead atoms. The van der Waals surface area contributed by atoms with E-state index < -0.39 is 29.8 Å². The Bertz CT molecular complexity index is 708. The number of likely N-dealkylation sites (tertiary alicyclic amines) is 1. The first-order chi connectivity index (χ1) is 13.1. The zero-order chi connectivity index (χ0) is 20.9. The molecule has 8 heteroatoms. The molecule has 1 heterocycles. The summed E-state index contributed by atoms with van der Waals surface area (Å²) >= 11 is 5.84. The van der Waals surface area contributed by atoms with Crippen LogP contribution in [-0.2, 0) is 9.47 Å². The van der Waals surface area contributed by atoms with Crippen molar-refractivity contribution in [3.8, 4) is 0 Å². The van der Waals surface area contributed by atoms with Gasteiger partial charge in [0.05, 0.1) is 6.61 Å². The smallest absolute Gasteiger partial charge is 0.411 e. The van der Waals surface area contributed by atoms with E-state index in [-0.39, 0.29) is 12.5 Å². The highest BCUT2D eigenvalue weighted by molar-refractivity contribution is 6.30. The predicted molar refractivity (Wildman–Crippen MR) is 105 cm³/mol. The van der Waals surface area contributed by atoms with E-state index >= 15 is 0 Å². The molecule has 1 aliphatic rings. The Hall–Kier alpha value is -2.02. The summed E-state index contributed by atoms with van der Waals surface area (Å²) in [7, 11) is 0. The number of hydrogen-bond acceptors (Lipinski definition) is 4. The SMILES string of the molecule is CCCCOC(=O)NC1CC(c2ccc(Cl)cc2F)CN1C(=O)OC(C)(C)C. The average molecular weight is 415 g/mol. The molecule has 0 saturated carbocycles. The molecule has 6 nitrogen and oxygen atoms in total. The van der Waals surface area contributed by atoms with Crippen molar-refractivity contribution in [1.82, 2.24) is 10.2 Å². The van der Waals surface area contributed by atoms with E-state index in [1.165, 1.54) is 11.0 Å². The van der Waals surface area contributed by atoms with Crippen molar-refractivity contribution in [3.05, 3.63) is 34.6 Å². The first-order valence-electron chi connectivity index (χ1n) is 9.48. The van der Waals surface area contributed by atoms with Gasteiger partial charge in [0.2, 0.25) is 0 Å². The number of unbranched alkanes of at least 4 members (excludes halogenated alkanes) is 1. The summed E-state index contributed by atoms with van der Waals surface area (Å²) in [6, 6.07) is 4.46. The minimum Gasteiger partial charge on any atom is -0.450 e. The number of carbonyl (C=O) groups excluding carboxylic acids is 2. The van der Waals surface area contributed by atoms with Crippen LogP contribution in [0.3, 0.4) is 0 Å². The molecule has 1 N–H and O–H groups in total. The number of amides is 2. The molecule has 2 atom stereocenters. The zero-order valence-electron chi connectivity index (χ0n) is 16.8. The number of rotatable bonds is 5. The van der Waals surface area contributed by atoms with Crippen molar-refractivity contribution in [2.45, 2.75) is 64.6 Å². The van der Waals surface area contributed by atoms with Gasteiger partial charge in [0, 0.05) is 17.5 Å². The summed E-state index contributed by atoms with van der Waals surface area (Å²) in [6.45, 7) is 7.80. The summed E-state index contributed by atoms with van der Waals surface area (Å²) in [5, 5.41) is 3.00. The number of nitrogens with one attached hydrogen (secondary N) is 1. The number of halogens is 2. The molecular formula is C20H28ClFN2O4. The van der Waals surface area contributed by atoms with E-state index in [0.29, 0.717) is 23.6 Å². The maximum Gasteiger partial charge on any atom is 0.411 e. The molecule has 0 aromatic heterocycles. The van der Waals surface area contributed by atoms with Crippen molar-refractivity contribution in [2.24, 2.45) is 0 Å². The average Bonchev–Trinajstić information content (AvgIpc) is 2.97. The lowest BCUT2D eigenvalue weighted by molar-refractivity contribution is 0.0197. The molecule has 0 spiro atoms. The Morgan fingerprint density at radius 2 is 2.07 bits per heavy atom. The van der Waals surface area contributed by atoms with Crippen LogP contribution in [0.1, 0.15) is 58.4 Å². The van der Waals surface area contributed by atoms with Crippen molar-refractivity contribution in [2.75, 3.05) is 13.2 Å². The lowest BCUT2D eigenvalue weighted by atomic mass is 9.97. The molecule has 1 fully saturated rings. The Labute approximate surface area is 170 Å². The summed E-state index contributed by atoms with van der Waals surface area (Å²) in [5.74, 6) is -0.737. The van der Waals surface area contributed by atoms with Crippen LogP contribution in [0.4, 0.5) is 14.0 Å². The number of alkyl carbamates (subject to hydrolysis) is 1. The van der Waals surface area contributed by atoms with Crippen molar-refractivity contribution in [3.63, 3.8) is 0 Å². The third-order valence-corrected chi connectivity index (χ3v) is 4.58. The Morgan fingerprint density at radius 3 is 2.68 bits per heavy atom. The highest BCUT2D eigenvalue weighted by Crippen LogP contribution is 2.34. The molecule has 1 aromatic rings. The Balaban J connectivity index is 2.15. The van der Waals surface area contributed by atoms with E-state index in [4.69, 9.17) is 21.1 Å². The summed E-state index contributed by atoms with van der Waals surface area (Å²) in [4.78, 5) is 26.1. The van der Waals surface area contributed by atoms with Gasteiger partial charge in [0.25, 0.3) is 0 Å². The van der Waals surface area contributed by atoms with E-state index in [1.54, 1.807) is 32.9 Å². The van der Waals surface area contributed by atoms with Crippen molar-refractivity contribution < 1.29 is 23.5 Å². The van der Waals surface area contributed by atoms with Crippen LogP contribution in [0, 0.1) is 5.82 Å². The molecular weight excluding hydrogens is 387 g/mol. The fourth-order valence-electron chi connectivity index (χ4n) is 3.04. The van der Waals surface area contributed by atoms with Gasteiger partial charge in [-0.05, 0) is 51.3 Å². The van der Waals surface area contributed by atoms with Crippen molar-refractivity contribution >= 4 is 23.8 Å². The standard InChI is InChI=1S/C20H28ClFN2O4/c1-5-6-9-27-18(25)23-17-10-13(15-8-7-14(21)11-16(15)22)12-24(17)19(26)28-20(2,3)4/h7-8,11,13,17H,5-6,9-10,12H2,1-4H3,(H,23,25). The first-order valence-corrected chi connectivity index (χ1v) is 9.86. The minimum absolute atomic E-state index is 0.216. The molecule has 28 heavy (non-hydrogen) atoms. The third-order valence-electron chi connectivity index (χ3n) is 4.35. The molecule has 0 aliphatic carbocycles. The highest BCUT2D eigenvalue weighted by Gasteiger charge is 2.40. The number of ether oxygens (including phenoxy) is 2. The Kier molecular flexibility index (Phi) is 7.52. The van der Waals surface area contributed by atoms with Gasteiger partial charge in [-0.15, -0.1) is 0 Å². The van der Waals surface area contributed by atoms with E-state index in [0.717, 1.165) is 12.8 Å². The maximum absolute atomic E-state index is 14.4. The molecule has 2 unspecified atom stereocenters. The molecule has 156 valence electrons. The number of carbonyl (C=O) groups is 2. The molecule has 1 saturated heterocycles. The molecule has 1 aromatic carbocycles. The van der Waals surface area contributed by atoms with Gasteiger partial charge in [0.1, 0.15) is 17.6 Å². The summed E-state index contributed by atoms with van der Waals surface area (Å²) < 4.78 is 24.9. The third kappa shape index (κ3) is 6.26. The van der Waals surface area contributed by atoms with Crippen LogP contribution in [0.2, 0.25) is 5.02 Å². The maximum atomic E-state index is 14.4. The molecule has 0 radical (unpaired) electrons. The van der Waals surface area contributed by atoms with Gasteiger partial charge < -0.3 is 14.8 Å². The highest BCUT2D eigenvalue weighted by atomic mass is 35.5. The molecule has 1 aliphatic heterocycles. The zero-order valence-corrected chi connectivity index (χ0v) is 17.5. The van der Waals surface area contributed by atoms with Crippen LogP contribution in [0.15, 0.2) is 18.2 Å². The first kappa shape index (κ1) is 22.3. The largest absolute Gasteiger partial charge is 0.450 e. The van der Waals surface area contributed by atoms with Crippen LogP contribution in [0.25, 0.3) is 0 Å². The van der Waals surface area contributed by atoms with Crippen LogP contribution in [0.5, 0.6) is 0 Å². The summed E-state index contributed by atoms with van der Waals surface area (Å²) in [5.41, 5.74) is -0.242. The fourth-order valence-corrected chi connectivity index (χ4v) is 3.20. The molecule has 2 amide bonds. The van der Waals surface area contributed by atoms with E-state index in [9.17, 15) is 14.0 Å². The van der Waals surface area contributed by atoms with Gasteiger partial charge in [-0.3, -0.25) is 4.90 Å². The topological polar surface area (TPSA) is 67.9 Å². The number of benzene rings is 1. The lowest BCUT2D eigenvalue weighted by Crippen LogP contribution is -2.48. The summed E-state index contributed by atoms with van der Waals surface area (Å²) in [6.07, 6.45) is 0.183. The Morgan fingerprint density at radius 1 is 1.36 bits per heavy atom. The second-order valence-corrected chi connectivity index (χ2v) is 8.32. The monoisotopic (exact) mass is 414 g/mol. The number of nitrogens with zero attached hydrogens (tertiary/aromatic N) is 1. The lowest BCUT2D eigenvalue weighted by Gasteiger charge is -2.28. The van der Waals surface area contributed by atoms with Gasteiger partial charge in [-0.2, -0.15) is 0 Å². The minimum atomic E-state index is -0.688. The fraction of sp³-hybridized carbons (Fsp3) is 0.600. The van der Waals surface area contributed by atoms with Crippen LogP contribution < -0.4 is 5.32 Å². The van der Waals surface area contributed by atoms with Gasteiger partial charge in [-0.1, -0.05) is 31.0 Å². The van der Waals surface area contributed by atoms with Crippen LogP contribution >= 0.6 is 11.6 Å². The second-order valence-electron chi connectivity index (χ2n) is 7.88. The van der Waals surface area contributed by atoms with Gasteiger partial charge >= 0.3 is 12.2 Å². The second kappa shape index (κ2) is 9.45. The van der Waals surface area contributed by atoms with E-state index in [1.807, 2.05) is 6.92 Å². The normalized spacial score (nSPS) is 19.4. The van der Waals surface area contributed by atoms with Crippen molar-refractivity contribution in [1.29, 1.82) is 0 Å². The predicted octanol–water partition coefficient (Wildman–Crippen LogP) is 5.06. The van der Waals surface area contributed by atoms with Gasteiger partial charge in [-0.25, -0.2) is 14.0 Å². The van der Waals surface area contributed by atoms with E-state index in [2.05, 4.69) is 5.32 Å². The molecule has 2 rings (SSSR count). The quantitative estimate of drug-likeness (QED) is 0.684.